The second-order valence-corrected chi connectivity index (χ2v) is 11.1. The summed E-state index contributed by atoms with van der Waals surface area (Å²) in [4.78, 5) is 16.1. The van der Waals surface area contributed by atoms with Gasteiger partial charge in [-0.3, -0.25) is 4.79 Å². The van der Waals surface area contributed by atoms with Crippen LogP contribution in [0.2, 0.25) is 0 Å². The number of pyridine rings is 1. The number of rotatable bonds is 5. The Kier molecular flexibility index (Phi) is 11.0. The third-order valence-corrected chi connectivity index (χ3v) is 6.96. The van der Waals surface area contributed by atoms with E-state index in [1.807, 2.05) is 17.5 Å². The fraction of sp³-hybridized carbons (Fsp3) is 0.312. The summed E-state index contributed by atoms with van der Waals surface area (Å²) in [5.74, 6) is 0.924. The largest absolute Gasteiger partial charge is 0.512 e. The van der Waals surface area contributed by atoms with Gasteiger partial charge in [0.1, 0.15) is 0 Å². The number of aliphatic hydroxyl groups excluding tert-OH is 1. The van der Waals surface area contributed by atoms with Gasteiger partial charge in [0.05, 0.1) is 10.5 Å². The summed E-state index contributed by atoms with van der Waals surface area (Å²) in [5.41, 5.74) is 8.74. The van der Waals surface area contributed by atoms with Crippen molar-refractivity contribution in [3.63, 3.8) is 0 Å². The monoisotopic (exact) mass is 691 g/mol. The average Bonchev–Trinajstić information content (AvgIpc) is 3.20. The molecule has 0 aliphatic carbocycles. The molecule has 197 valence electrons. The van der Waals surface area contributed by atoms with Crippen LogP contribution in [0.3, 0.4) is 0 Å². The maximum atomic E-state index is 10.0. The predicted molar refractivity (Wildman–Crippen MR) is 154 cm³/mol. The molecule has 2 heterocycles. The van der Waals surface area contributed by atoms with Crippen molar-refractivity contribution in [1.29, 1.82) is 0 Å². The van der Waals surface area contributed by atoms with E-state index >= 15 is 0 Å². The summed E-state index contributed by atoms with van der Waals surface area (Å²) in [6.07, 6.45) is 3.19. The first-order valence-corrected chi connectivity index (χ1v) is 13.2. The number of aromatic nitrogens is 1. The molecule has 1 N–H and O–H groups in total. The van der Waals surface area contributed by atoms with Crippen molar-refractivity contribution >= 4 is 27.2 Å². The molecule has 37 heavy (non-hydrogen) atoms. The van der Waals surface area contributed by atoms with Crippen LogP contribution in [-0.2, 0) is 24.9 Å². The first kappa shape index (κ1) is 30.6. The number of ketones is 1. The first-order chi connectivity index (χ1) is 17.0. The Balaban J connectivity index is 0.000000532. The van der Waals surface area contributed by atoms with Gasteiger partial charge in [0.2, 0.25) is 0 Å². The Bertz CT molecular complexity index is 1370. The number of thiophene rings is 1. The number of aliphatic hydroxyl groups is 1. The number of benzene rings is 2. The van der Waals surface area contributed by atoms with Crippen LogP contribution in [0.1, 0.15) is 75.6 Å². The van der Waals surface area contributed by atoms with Crippen LogP contribution in [0.15, 0.2) is 60.5 Å². The molecule has 0 spiro atoms. The van der Waals surface area contributed by atoms with Crippen molar-refractivity contribution in [2.75, 3.05) is 0 Å². The number of nitrogens with zero attached hydrogens (tertiary/aromatic N) is 1. The van der Waals surface area contributed by atoms with Crippen LogP contribution in [0.5, 0.6) is 0 Å². The maximum Gasteiger partial charge on any atom is 0.155 e. The molecule has 2 aromatic carbocycles. The molecular weight excluding hydrogens is 655 g/mol. The molecule has 0 atom stereocenters. The number of fused-ring (bicyclic) bond motifs is 1. The molecule has 4 rings (SSSR count). The van der Waals surface area contributed by atoms with E-state index in [1.165, 1.54) is 57.1 Å². The van der Waals surface area contributed by atoms with Gasteiger partial charge in [-0.1, -0.05) is 65.8 Å². The number of allylic oxidation sites excluding steroid dienone is 2. The van der Waals surface area contributed by atoms with Crippen LogP contribution in [-0.4, -0.2) is 15.9 Å². The van der Waals surface area contributed by atoms with Gasteiger partial charge < -0.3 is 10.1 Å². The van der Waals surface area contributed by atoms with Crippen LogP contribution in [0.4, 0.5) is 0 Å². The van der Waals surface area contributed by atoms with Gasteiger partial charge in [0, 0.05) is 37.3 Å². The van der Waals surface area contributed by atoms with Crippen molar-refractivity contribution < 1.29 is 30.0 Å². The Morgan fingerprint density at radius 3 is 2.11 bits per heavy atom. The number of carbonyl (C=O) groups is 1. The first-order valence-electron chi connectivity index (χ1n) is 12.4. The summed E-state index contributed by atoms with van der Waals surface area (Å²) in [7, 11) is 0. The molecule has 1 radical (unpaired) electrons. The number of hydrogen-bond acceptors (Lipinski definition) is 4. The minimum Gasteiger partial charge on any atom is -0.512 e. The zero-order valence-electron chi connectivity index (χ0n) is 22.9. The normalized spacial score (nSPS) is 11.4. The van der Waals surface area contributed by atoms with Gasteiger partial charge in [-0.25, -0.2) is 0 Å². The summed E-state index contributed by atoms with van der Waals surface area (Å²) in [6, 6.07) is 19.1. The van der Waals surface area contributed by atoms with Crippen LogP contribution in [0.25, 0.3) is 31.8 Å². The van der Waals surface area contributed by atoms with E-state index in [4.69, 9.17) is 10.1 Å². The van der Waals surface area contributed by atoms with Crippen molar-refractivity contribution in [1.82, 2.24) is 4.98 Å². The molecule has 0 unspecified atom stereocenters. The van der Waals surface area contributed by atoms with Crippen LogP contribution >= 0.6 is 11.3 Å². The average molecular weight is 691 g/mol. The second kappa shape index (κ2) is 13.3. The summed E-state index contributed by atoms with van der Waals surface area (Å²) in [5, 5.41) is 9.62. The van der Waals surface area contributed by atoms with E-state index in [0.29, 0.717) is 11.8 Å². The van der Waals surface area contributed by atoms with E-state index in [-0.39, 0.29) is 31.6 Å². The maximum absolute atomic E-state index is 10.0. The molecule has 2 aromatic heterocycles. The fourth-order valence-electron chi connectivity index (χ4n) is 4.38. The van der Waals surface area contributed by atoms with Crippen LogP contribution in [0, 0.1) is 19.9 Å². The SMILES string of the molecule is CC(=O)/C=C(/C)O.Cc1[c-]c(-c2cc3cc(-c4c(C(C)C)cccc4C(C)C)sc3cn2)cc(C)c1.[Ir]. The van der Waals surface area contributed by atoms with Gasteiger partial charge >= 0.3 is 0 Å². The number of hydrogen-bond donors (Lipinski definition) is 1. The minimum absolute atomic E-state index is 0. The predicted octanol–water partition coefficient (Wildman–Crippen LogP) is 9.33. The van der Waals surface area contributed by atoms with Gasteiger partial charge in [-0.05, 0) is 59.5 Å². The third-order valence-electron chi connectivity index (χ3n) is 5.86. The van der Waals surface area contributed by atoms with Crippen LogP contribution < -0.4 is 0 Å². The fourth-order valence-corrected chi connectivity index (χ4v) is 5.48. The third kappa shape index (κ3) is 7.94. The Morgan fingerprint density at radius 1 is 1.00 bits per heavy atom. The molecular formula is C32H36IrNO2S-. The van der Waals surface area contributed by atoms with Gasteiger partial charge in [-0.15, -0.1) is 46.2 Å². The molecule has 0 saturated heterocycles. The zero-order valence-corrected chi connectivity index (χ0v) is 26.1. The topological polar surface area (TPSA) is 50.2 Å². The molecule has 3 nitrogen and oxygen atoms in total. The molecule has 0 bridgehead atoms. The molecule has 0 aliphatic rings. The molecule has 5 heteroatoms. The van der Waals surface area contributed by atoms with E-state index in [0.717, 1.165) is 16.8 Å². The van der Waals surface area contributed by atoms with E-state index < -0.39 is 0 Å². The quantitative estimate of drug-likeness (QED) is 0.129. The van der Waals surface area contributed by atoms with Gasteiger partial charge in [0.15, 0.2) is 5.78 Å². The van der Waals surface area contributed by atoms with Crippen molar-refractivity contribution in [3.8, 4) is 21.7 Å². The summed E-state index contributed by atoms with van der Waals surface area (Å²) >= 11 is 1.85. The van der Waals surface area contributed by atoms with Gasteiger partial charge in [-0.2, -0.15) is 0 Å². The zero-order chi connectivity index (χ0) is 26.6. The Hall–Kier alpha value is -2.59. The summed E-state index contributed by atoms with van der Waals surface area (Å²) in [6.45, 7) is 16.2. The van der Waals surface area contributed by atoms with E-state index in [1.54, 1.807) is 0 Å². The van der Waals surface area contributed by atoms with Gasteiger partial charge in [0.25, 0.3) is 0 Å². The molecule has 0 aliphatic heterocycles. The number of aryl methyl sites for hydroxylation is 2. The molecule has 4 aromatic rings. The molecule has 0 fully saturated rings. The Labute approximate surface area is 239 Å². The second-order valence-electron chi connectivity index (χ2n) is 9.99. The molecule has 0 amide bonds. The number of carbonyl (C=O) groups excluding carboxylic acids is 1. The van der Waals surface area contributed by atoms with Crippen molar-refractivity contribution in [2.24, 2.45) is 0 Å². The van der Waals surface area contributed by atoms with E-state index in [9.17, 15) is 4.79 Å². The molecule has 0 saturated carbocycles. The standard InChI is InChI=1S/C27H28NS.C5H8O2.Ir/c1-16(2)22-8-7-9-23(17(3)4)27(22)25-14-21-13-24(28-15-26(21)29-25)20-11-18(5)10-19(6)12-20;1-4(6)3-5(2)7;/h7-11,13-17H,1-6H3;3,6H,1-2H3;/q-1;;/b;4-3-;. The summed E-state index contributed by atoms with van der Waals surface area (Å²) < 4.78 is 1.24. The van der Waals surface area contributed by atoms with Crippen molar-refractivity contribution in [2.45, 2.75) is 67.2 Å². The smallest absolute Gasteiger partial charge is 0.155 e. The van der Waals surface area contributed by atoms with Crippen molar-refractivity contribution in [3.05, 3.63) is 88.8 Å². The van der Waals surface area contributed by atoms with E-state index in [2.05, 4.69) is 90.1 Å². The minimum atomic E-state index is -0.125. The Morgan fingerprint density at radius 2 is 1.62 bits per heavy atom.